The van der Waals surface area contributed by atoms with Gasteiger partial charge in [-0.15, -0.1) is 0 Å². The summed E-state index contributed by atoms with van der Waals surface area (Å²) in [6.45, 7) is 7.01. The maximum absolute atomic E-state index is 12.2. The number of aryl methyl sites for hydroxylation is 1. The maximum Gasteiger partial charge on any atom is 0.340 e. The van der Waals surface area contributed by atoms with Crippen LogP contribution in [0.2, 0.25) is 0 Å². The molecule has 0 spiro atoms. The maximum atomic E-state index is 12.2. The molecule has 0 saturated carbocycles. The second kappa shape index (κ2) is 8.99. The minimum Gasteiger partial charge on any atom is -0.462 e. The fourth-order valence-corrected chi connectivity index (χ4v) is 2.93. The van der Waals surface area contributed by atoms with Crippen molar-refractivity contribution in [3.05, 3.63) is 71.9 Å². The van der Waals surface area contributed by atoms with E-state index in [2.05, 4.69) is 52.2 Å². The number of esters is 1. The first-order valence-electron chi connectivity index (χ1n) is 9.32. The average molecular weight is 376 g/mol. The zero-order valence-corrected chi connectivity index (χ0v) is 16.3. The smallest absolute Gasteiger partial charge is 0.340 e. The van der Waals surface area contributed by atoms with Gasteiger partial charge in [0.2, 0.25) is 5.95 Å². The molecule has 0 amide bonds. The van der Waals surface area contributed by atoms with Crippen LogP contribution in [0.25, 0.3) is 0 Å². The van der Waals surface area contributed by atoms with Crippen LogP contribution in [-0.2, 0) is 4.74 Å². The van der Waals surface area contributed by atoms with E-state index >= 15 is 0 Å². The van der Waals surface area contributed by atoms with Crippen LogP contribution in [0.1, 0.15) is 29.8 Å². The summed E-state index contributed by atoms with van der Waals surface area (Å²) in [5.74, 6) is 0.816. The summed E-state index contributed by atoms with van der Waals surface area (Å²) in [5, 5.41) is 3.14. The molecule has 144 valence electrons. The number of hydrogen-bond acceptors (Lipinski definition) is 6. The van der Waals surface area contributed by atoms with Gasteiger partial charge in [-0.25, -0.2) is 9.78 Å². The molecule has 6 heteroatoms. The zero-order valence-electron chi connectivity index (χ0n) is 16.3. The lowest BCUT2D eigenvalue weighted by molar-refractivity contribution is 0.0527. The van der Waals surface area contributed by atoms with Gasteiger partial charge in [-0.1, -0.05) is 24.3 Å². The molecule has 2 aromatic carbocycles. The molecule has 0 saturated heterocycles. The van der Waals surface area contributed by atoms with Crippen LogP contribution in [0.15, 0.2) is 60.8 Å². The van der Waals surface area contributed by atoms with Crippen LogP contribution in [0.4, 0.5) is 23.1 Å². The Bertz CT molecular complexity index is 959. The highest BCUT2D eigenvalue weighted by Gasteiger charge is 2.14. The Kier molecular flexibility index (Phi) is 6.22. The largest absolute Gasteiger partial charge is 0.462 e. The number of anilines is 4. The fraction of sp³-hybridized carbons (Fsp3) is 0.227. The SMILES string of the molecule is CCOC(=O)c1ccccc1Nc1nccc(N(CC)c2cccc(C)c2)n1. The summed E-state index contributed by atoms with van der Waals surface area (Å²) in [6.07, 6.45) is 1.70. The normalized spacial score (nSPS) is 10.4. The third-order valence-corrected chi connectivity index (χ3v) is 4.22. The standard InChI is InChI=1S/C22H24N4O2/c1-4-26(17-10-8-9-16(3)15-17)20-13-14-23-22(25-20)24-19-12-7-6-11-18(19)21(27)28-5-2/h6-15H,4-5H2,1-3H3,(H,23,24,25). The summed E-state index contributed by atoms with van der Waals surface area (Å²) in [6, 6.07) is 17.3. The van der Waals surface area contributed by atoms with Crippen LogP contribution in [-0.4, -0.2) is 29.1 Å². The van der Waals surface area contributed by atoms with E-state index in [1.807, 2.05) is 18.2 Å². The lowest BCUT2D eigenvalue weighted by Crippen LogP contribution is -2.18. The van der Waals surface area contributed by atoms with Crippen molar-refractivity contribution < 1.29 is 9.53 Å². The molecular weight excluding hydrogens is 352 g/mol. The first kappa shape index (κ1) is 19.4. The fourth-order valence-electron chi connectivity index (χ4n) is 2.93. The lowest BCUT2D eigenvalue weighted by Gasteiger charge is -2.23. The number of benzene rings is 2. The molecule has 0 aliphatic rings. The van der Waals surface area contributed by atoms with Crippen molar-refractivity contribution in [1.82, 2.24) is 9.97 Å². The van der Waals surface area contributed by atoms with Gasteiger partial charge < -0.3 is 15.0 Å². The minimum absolute atomic E-state index is 0.321. The number of ether oxygens (including phenoxy) is 1. The van der Waals surface area contributed by atoms with E-state index in [0.717, 1.165) is 18.1 Å². The van der Waals surface area contributed by atoms with Crippen molar-refractivity contribution in [3.63, 3.8) is 0 Å². The van der Waals surface area contributed by atoms with Gasteiger partial charge in [0.1, 0.15) is 5.82 Å². The van der Waals surface area contributed by atoms with Gasteiger partial charge in [-0.05, 0) is 56.7 Å². The van der Waals surface area contributed by atoms with E-state index in [1.54, 1.807) is 31.3 Å². The summed E-state index contributed by atoms with van der Waals surface area (Å²) >= 11 is 0. The summed E-state index contributed by atoms with van der Waals surface area (Å²) in [4.78, 5) is 23.2. The second-order valence-electron chi connectivity index (χ2n) is 6.21. The molecule has 0 atom stereocenters. The molecule has 1 N–H and O–H groups in total. The molecule has 0 unspecified atom stereocenters. The van der Waals surface area contributed by atoms with Crippen molar-refractivity contribution in [2.45, 2.75) is 20.8 Å². The molecule has 0 fully saturated rings. The number of aromatic nitrogens is 2. The van der Waals surface area contributed by atoms with Gasteiger partial charge >= 0.3 is 5.97 Å². The van der Waals surface area contributed by atoms with Gasteiger partial charge in [0.05, 0.1) is 17.9 Å². The Morgan fingerprint density at radius 2 is 1.93 bits per heavy atom. The Balaban J connectivity index is 1.89. The lowest BCUT2D eigenvalue weighted by atomic mass is 10.2. The van der Waals surface area contributed by atoms with Crippen LogP contribution in [0.3, 0.4) is 0 Å². The van der Waals surface area contributed by atoms with Crippen molar-refractivity contribution in [3.8, 4) is 0 Å². The summed E-state index contributed by atoms with van der Waals surface area (Å²) < 4.78 is 5.13. The number of nitrogens with one attached hydrogen (secondary N) is 1. The Hall–Kier alpha value is -3.41. The van der Waals surface area contributed by atoms with Gasteiger partial charge in [-0.2, -0.15) is 4.98 Å². The predicted octanol–water partition coefficient (Wildman–Crippen LogP) is 4.86. The minimum atomic E-state index is -0.378. The molecule has 0 aliphatic carbocycles. The van der Waals surface area contributed by atoms with Gasteiger partial charge in [0.25, 0.3) is 0 Å². The highest BCUT2D eigenvalue weighted by molar-refractivity contribution is 5.96. The number of para-hydroxylation sites is 1. The van der Waals surface area contributed by atoms with E-state index in [4.69, 9.17) is 4.74 Å². The molecule has 3 rings (SSSR count). The molecule has 6 nitrogen and oxygen atoms in total. The Morgan fingerprint density at radius 1 is 1.11 bits per heavy atom. The number of carbonyl (C=O) groups excluding carboxylic acids is 1. The number of rotatable bonds is 7. The summed E-state index contributed by atoms with van der Waals surface area (Å²) in [7, 11) is 0. The number of hydrogen-bond donors (Lipinski definition) is 1. The van der Waals surface area contributed by atoms with Crippen LogP contribution >= 0.6 is 0 Å². The molecule has 1 heterocycles. The molecule has 0 radical (unpaired) electrons. The number of nitrogens with zero attached hydrogens (tertiary/aromatic N) is 3. The second-order valence-corrected chi connectivity index (χ2v) is 6.21. The number of carbonyl (C=O) groups is 1. The topological polar surface area (TPSA) is 67.3 Å². The third-order valence-electron chi connectivity index (χ3n) is 4.22. The third kappa shape index (κ3) is 4.46. The van der Waals surface area contributed by atoms with E-state index in [-0.39, 0.29) is 5.97 Å². The van der Waals surface area contributed by atoms with Crippen LogP contribution in [0.5, 0.6) is 0 Å². The van der Waals surface area contributed by atoms with Crippen LogP contribution in [0, 0.1) is 6.92 Å². The van der Waals surface area contributed by atoms with Gasteiger partial charge in [0.15, 0.2) is 0 Å². The predicted molar refractivity (Wildman–Crippen MR) is 112 cm³/mol. The Labute approximate surface area is 165 Å². The monoisotopic (exact) mass is 376 g/mol. The van der Waals surface area contributed by atoms with Crippen molar-refractivity contribution >= 4 is 29.1 Å². The first-order valence-corrected chi connectivity index (χ1v) is 9.32. The molecule has 3 aromatic rings. The van der Waals surface area contributed by atoms with Crippen LogP contribution < -0.4 is 10.2 Å². The van der Waals surface area contributed by atoms with E-state index < -0.39 is 0 Å². The van der Waals surface area contributed by atoms with Crippen molar-refractivity contribution in [1.29, 1.82) is 0 Å². The molecule has 1 aromatic heterocycles. The first-order chi connectivity index (χ1) is 13.6. The highest BCUT2D eigenvalue weighted by atomic mass is 16.5. The van der Waals surface area contributed by atoms with E-state index in [9.17, 15) is 4.79 Å². The van der Waals surface area contributed by atoms with Gasteiger partial charge in [0, 0.05) is 18.4 Å². The van der Waals surface area contributed by atoms with Gasteiger partial charge in [-0.3, -0.25) is 0 Å². The molecule has 0 bridgehead atoms. The summed E-state index contributed by atoms with van der Waals surface area (Å²) in [5.41, 5.74) is 3.31. The molecule has 0 aliphatic heterocycles. The average Bonchev–Trinajstić information content (AvgIpc) is 2.70. The molecular formula is C22H24N4O2. The Morgan fingerprint density at radius 3 is 2.68 bits per heavy atom. The quantitative estimate of drug-likeness (QED) is 0.594. The molecule has 28 heavy (non-hydrogen) atoms. The zero-order chi connectivity index (χ0) is 19.9. The van der Waals surface area contributed by atoms with E-state index in [0.29, 0.717) is 23.8 Å². The van der Waals surface area contributed by atoms with Crippen molar-refractivity contribution in [2.75, 3.05) is 23.4 Å². The highest BCUT2D eigenvalue weighted by Crippen LogP contribution is 2.26. The van der Waals surface area contributed by atoms with Crippen molar-refractivity contribution in [2.24, 2.45) is 0 Å². The van der Waals surface area contributed by atoms with E-state index in [1.165, 1.54) is 5.56 Å².